The number of non-ortho nitro benzene ring substituents is 1. The number of nitrogens with zero attached hydrogens (tertiary/aromatic N) is 3. The number of aliphatic hydroxyl groups is 1. The number of fused-ring (bicyclic) bond motifs is 2. The lowest BCUT2D eigenvalue weighted by Gasteiger charge is -2.32. The minimum atomic E-state index is -3.08. The largest absolute Gasteiger partial charge is 0.432 e. The number of ether oxygens (including phenoxy) is 1. The van der Waals surface area contributed by atoms with Crippen molar-refractivity contribution in [3.05, 3.63) is 103 Å². The van der Waals surface area contributed by atoms with E-state index in [1.807, 2.05) is 61.5 Å². The molecule has 3 aromatic carbocycles. The third kappa shape index (κ3) is 6.05. The lowest BCUT2D eigenvalue weighted by atomic mass is 9.82. The Kier molecular flexibility index (Phi) is 9.28. The van der Waals surface area contributed by atoms with Crippen molar-refractivity contribution in [1.82, 2.24) is 4.90 Å². The maximum Gasteiger partial charge on any atom is 0.269 e. The molecule has 0 aromatic heterocycles. The molecule has 2 N–H and O–H groups in total. The molecule has 1 fully saturated rings. The lowest BCUT2D eigenvalue weighted by molar-refractivity contribution is -0.385. The fourth-order valence-corrected chi connectivity index (χ4v) is 10.0. The molecule has 1 spiro atoms. The van der Waals surface area contributed by atoms with E-state index in [4.69, 9.17) is 4.74 Å². The molecule has 12 heteroatoms. The minimum absolute atomic E-state index is 0.114. The summed E-state index contributed by atoms with van der Waals surface area (Å²) in [5.74, 6) is -1.23. The number of halogens is 1. The Labute approximate surface area is 271 Å². The first-order chi connectivity index (χ1) is 20.9. The standard InChI is InChI=1S/C32H36IN3O7Si/c1-21-30(44(2,3)42)28(18-29(38)34(14-15-37)19-22-8-5-4-6-9-22)43-32(21)26-17-25(36(40)41)12-13-27(26)35(31(32)39)20-23-10-7-11-24(33)16-23/h4-13,16-17,21,28,30,37,42H,14-15,18-20H2,1-3H3/t21-,28+,30-,32+/m0/s1. The monoisotopic (exact) mass is 729 g/mol. The number of hydrogen-bond donors (Lipinski definition) is 2. The van der Waals surface area contributed by atoms with E-state index < -0.39 is 36.4 Å². The van der Waals surface area contributed by atoms with Gasteiger partial charge in [-0.3, -0.25) is 19.7 Å². The predicted octanol–water partition coefficient (Wildman–Crippen LogP) is 4.96. The number of benzene rings is 3. The van der Waals surface area contributed by atoms with E-state index in [0.717, 1.165) is 14.7 Å². The van der Waals surface area contributed by atoms with Crippen LogP contribution >= 0.6 is 22.6 Å². The fraction of sp³-hybridized carbons (Fsp3) is 0.375. The summed E-state index contributed by atoms with van der Waals surface area (Å²) in [5.41, 5.74) is 0.359. The Bertz CT molecular complexity index is 1570. The zero-order valence-electron chi connectivity index (χ0n) is 24.9. The second-order valence-corrected chi connectivity index (χ2v) is 17.3. The van der Waals surface area contributed by atoms with Crippen molar-refractivity contribution >= 4 is 54.1 Å². The van der Waals surface area contributed by atoms with Gasteiger partial charge < -0.3 is 24.4 Å². The van der Waals surface area contributed by atoms with E-state index in [1.165, 1.54) is 12.1 Å². The quantitative estimate of drug-likeness (QED) is 0.131. The molecule has 3 aromatic rings. The highest BCUT2D eigenvalue weighted by atomic mass is 127. The third-order valence-corrected chi connectivity index (χ3v) is 11.9. The highest BCUT2D eigenvalue weighted by Gasteiger charge is 2.66. The summed E-state index contributed by atoms with van der Waals surface area (Å²) < 4.78 is 7.73. The highest BCUT2D eigenvalue weighted by molar-refractivity contribution is 14.1. The smallest absolute Gasteiger partial charge is 0.269 e. The summed E-state index contributed by atoms with van der Waals surface area (Å²) in [6, 6.07) is 21.6. The zero-order chi connectivity index (χ0) is 31.8. The summed E-state index contributed by atoms with van der Waals surface area (Å²) in [6.45, 7) is 5.77. The molecule has 2 amide bonds. The van der Waals surface area contributed by atoms with E-state index in [-0.39, 0.29) is 50.2 Å². The molecule has 0 aliphatic carbocycles. The Balaban J connectivity index is 1.55. The maximum atomic E-state index is 14.6. The van der Waals surface area contributed by atoms with Crippen LogP contribution in [0.25, 0.3) is 0 Å². The van der Waals surface area contributed by atoms with Crippen LogP contribution in [0.1, 0.15) is 30.0 Å². The van der Waals surface area contributed by atoms with Gasteiger partial charge in [-0.2, -0.15) is 0 Å². The van der Waals surface area contributed by atoms with Crippen molar-refractivity contribution in [3.63, 3.8) is 0 Å². The zero-order valence-corrected chi connectivity index (χ0v) is 28.0. The van der Waals surface area contributed by atoms with Gasteiger partial charge in [-0.05, 0) is 65.0 Å². The van der Waals surface area contributed by atoms with E-state index in [2.05, 4.69) is 22.6 Å². The van der Waals surface area contributed by atoms with Crippen LogP contribution in [0.15, 0.2) is 72.8 Å². The molecule has 1 saturated heterocycles. The van der Waals surface area contributed by atoms with Crippen molar-refractivity contribution < 1.29 is 29.2 Å². The van der Waals surface area contributed by atoms with Crippen molar-refractivity contribution in [3.8, 4) is 0 Å². The summed E-state index contributed by atoms with van der Waals surface area (Å²) >= 11 is 2.21. The first-order valence-corrected chi connectivity index (χ1v) is 18.6. The second kappa shape index (κ2) is 12.7. The average molecular weight is 730 g/mol. The van der Waals surface area contributed by atoms with Crippen LogP contribution in [-0.2, 0) is 33.0 Å². The molecule has 0 saturated carbocycles. The van der Waals surface area contributed by atoms with Gasteiger partial charge in [0.05, 0.1) is 36.3 Å². The summed E-state index contributed by atoms with van der Waals surface area (Å²) in [6.07, 6.45) is -0.940. The topological polar surface area (TPSA) is 133 Å². The Hall–Kier alpha value is -3.17. The normalized spacial score (nSPS) is 22.8. The summed E-state index contributed by atoms with van der Waals surface area (Å²) in [7, 11) is -3.08. The second-order valence-electron chi connectivity index (χ2n) is 12.1. The minimum Gasteiger partial charge on any atom is -0.432 e. The van der Waals surface area contributed by atoms with Crippen LogP contribution in [0.2, 0.25) is 18.6 Å². The molecule has 2 aliphatic heterocycles. The molecular weight excluding hydrogens is 693 g/mol. The summed E-state index contributed by atoms with van der Waals surface area (Å²) in [5, 5.41) is 21.6. The van der Waals surface area contributed by atoms with Gasteiger partial charge in [-0.15, -0.1) is 0 Å². The number of anilines is 1. The molecule has 44 heavy (non-hydrogen) atoms. The van der Waals surface area contributed by atoms with E-state index in [1.54, 1.807) is 29.0 Å². The van der Waals surface area contributed by atoms with Crippen molar-refractivity contribution in [2.45, 2.75) is 56.8 Å². The molecular formula is C32H36IN3O7Si. The van der Waals surface area contributed by atoms with E-state index in [0.29, 0.717) is 11.3 Å². The van der Waals surface area contributed by atoms with Gasteiger partial charge in [0.25, 0.3) is 11.6 Å². The van der Waals surface area contributed by atoms with Gasteiger partial charge in [0.15, 0.2) is 13.9 Å². The number of amides is 2. The number of aliphatic hydroxyl groups excluding tert-OH is 1. The summed E-state index contributed by atoms with van der Waals surface area (Å²) in [4.78, 5) is 54.4. The van der Waals surface area contributed by atoms with Crippen LogP contribution in [0.3, 0.4) is 0 Å². The number of rotatable bonds is 10. The first-order valence-electron chi connectivity index (χ1n) is 14.5. The molecule has 5 rings (SSSR count). The van der Waals surface area contributed by atoms with Gasteiger partial charge >= 0.3 is 0 Å². The SMILES string of the molecule is C[C@H]1[C@H]([Si](C)(C)O)[C@@H](CC(=O)N(CCO)Cc2ccccc2)O[C@]12C(=O)N(Cc1cccc(I)c1)c1ccc([N+](=O)[O-])cc12. The van der Waals surface area contributed by atoms with Gasteiger partial charge in [0.2, 0.25) is 5.91 Å². The first kappa shape index (κ1) is 32.2. The number of carbonyl (C=O) groups excluding carboxylic acids is 2. The molecule has 232 valence electrons. The number of carbonyl (C=O) groups is 2. The Morgan fingerprint density at radius 1 is 1.11 bits per heavy atom. The Morgan fingerprint density at radius 2 is 1.82 bits per heavy atom. The van der Waals surface area contributed by atoms with Gasteiger partial charge in [-0.1, -0.05) is 49.4 Å². The molecule has 2 heterocycles. The van der Waals surface area contributed by atoms with Crippen LogP contribution in [-0.4, -0.2) is 59.1 Å². The Morgan fingerprint density at radius 3 is 2.45 bits per heavy atom. The lowest BCUT2D eigenvalue weighted by Crippen LogP contribution is -2.46. The van der Waals surface area contributed by atoms with Gasteiger partial charge in [0, 0.05) is 45.8 Å². The molecule has 10 nitrogen and oxygen atoms in total. The van der Waals surface area contributed by atoms with Gasteiger partial charge in [-0.25, -0.2) is 0 Å². The van der Waals surface area contributed by atoms with E-state index in [9.17, 15) is 29.6 Å². The molecule has 0 bridgehead atoms. The molecule has 2 aliphatic rings. The highest BCUT2D eigenvalue weighted by Crippen LogP contribution is 2.60. The van der Waals surface area contributed by atoms with Crippen LogP contribution < -0.4 is 4.90 Å². The van der Waals surface area contributed by atoms with Crippen molar-refractivity contribution in [2.75, 3.05) is 18.1 Å². The van der Waals surface area contributed by atoms with E-state index >= 15 is 0 Å². The van der Waals surface area contributed by atoms with Crippen LogP contribution in [0.4, 0.5) is 11.4 Å². The number of nitro benzene ring substituents is 1. The van der Waals surface area contributed by atoms with Crippen LogP contribution in [0, 0.1) is 19.6 Å². The molecule has 0 radical (unpaired) electrons. The van der Waals surface area contributed by atoms with Crippen molar-refractivity contribution in [2.24, 2.45) is 5.92 Å². The van der Waals surface area contributed by atoms with Crippen molar-refractivity contribution in [1.29, 1.82) is 0 Å². The predicted molar refractivity (Wildman–Crippen MR) is 176 cm³/mol. The van der Waals surface area contributed by atoms with Gasteiger partial charge in [0.1, 0.15) is 0 Å². The fourth-order valence-electron chi connectivity index (χ4n) is 6.87. The molecule has 4 atom stereocenters. The van der Waals surface area contributed by atoms with Crippen LogP contribution in [0.5, 0.6) is 0 Å². The average Bonchev–Trinajstić information content (AvgIpc) is 3.39. The number of nitro groups is 1. The maximum absolute atomic E-state index is 14.6. The number of hydrogen-bond acceptors (Lipinski definition) is 7. The molecule has 0 unspecified atom stereocenters. The third-order valence-electron chi connectivity index (χ3n) is 8.72.